The van der Waals surface area contributed by atoms with E-state index in [4.69, 9.17) is 0 Å². The summed E-state index contributed by atoms with van der Waals surface area (Å²) in [7, 11) is 0. The number of nitrogens with one attached hydrogen (secondary N) is 1. The third kappa shape index (κ3) is 5.50. The average molecular weight is 265 g/mol. The summed E-state index contributed by atoms with van der Waals surface area (Å²) < 4.78 is 0. The molecule has 0 aromatic rings. The minimum absolute atomic E-state index is 0.333. The number of hydrogen-bond donors (Lipinski definition) is 1. The second kappa shape index (κ2) is 8.55. The fourth-order valence-electron chi connectivity index (χ4n) is 3.18. The van der Waals surface area contributed by atoms with Crippen LogP contribution in [0.1, 0.15) is 65.7 Å². The van der Waals surface area contributed by atoms with E-state index in [2.05, 4.69) is 30.1 Å². The summed E-state index contributed by atoms with van der Waals surface area (Å²) >= 11 is 0. The maximum Gasteiger partial charge on any atom is 0.103 e. The smallest absolute Gasteiger partial charge is 0.103 e. The Bertz CT molecular complexity index is 284. The Hall–Kier alpha value is -0.590. The summed E-state index contributed by atoms with van der Waals surface area (Å²) in [5.74, 6) is 0. The van der Waals surface area contributed by atoms with Crippen LogP contribution in [-0.2, 0) is 0 Å². The van der Waals surface area contributed by atoms with Crippen molar-refractivity contribution in [3.63, 3.8) is 0 Å². The molecule has 3 nitrogen and oxygen atoms in total. The second-order valence-electron chi connectivity index (χ2n) is 6.03. The highest BCUT2D eigenvalue weighted by atomic mass is 15.2. The minimum Gasteiger partial charge on any atom is -0.300 e. The zero-order valence-electron chi connectivity index (χ0n) is 13.0. The molecule has 0 radical (unpaired) electrons. The molecule has 0 amide bonds. The molecule has 1 aliphatic rings. The number of likely N-dealkylation sites (tertiary alicyclic amines) is 1. The summed E-state index contributed by atoms with van der Waals surface area (Å²) in [4.78, 5) is 2.67. The maximum atomic E-state index is 9.22. The van der Waals surface area contributed by atoms with Crippen molar-refractivity contribution in [3.8, 4) is 6.07 Å². The number of nitrogens with zero attached hydrogens (tertiary/aromatic N) is 2. The van der Waals surface area contributed by atoms with Gasteiger partial charge in [0, 0.05) is 6.04 Å². The van der Waals surface area contributed by atoms with E-state index in [9.17, 15) is 5.26 Å². The predicted molar refractivity (Wildman–Crippen MR) is 81.0 cm³/mol. The highest BCUT2D eigenvalue weighted by Crippen LogP contribution is 2.20. The Morgan fingerprint density at radius 2 is 2.11 bits per heavy atom. The molecular weight excluding hydrogens is 234 g/mol. The first-order chi connectivity index (χ1) is 9.15. The molecule has 2 unspecified atom stereocenters. The van der Waals surface area contributed by atoms with E-state index < -0.39 is 0 Å². The van der Waals surface area contributed by atoms with E-state index >= 15 is 0 Å². The summed E-state index contributed by atoms with van der Waals surface area (Å²) in [5.41, 5.74) is -0.333. The van der Waals surface area contributed by atoms with Gasteiger partial charge in [0.1, 0.15) is 5.54 Å². The summed E-state index contributed by atoms with van der Waals surface area (Å²) in [6.45, 7) is 9.75. The van der Waals surface area contributed by atoms with E-state index in [1.54, 1.807) is 0 Å². The van der Waals surface area contributed by atoms with Crippen molar-refractivity contribution in [1.29, 1.82) is 5.26 Å². The fraction of sp³-hybridized carbons (Fsp3) is 0.938. The molecule has 1 N–H and O–H groups in total. The van der Waals surface area contributed by atoms with Gasteiger partial charge in [-0.1, -0.05) is 20.3 Å². The van der Waals surface area contributed by atoms with Gasteiger partial charge in [0.15, 0.2) is 0 Å². The summed E-state index contributed by atoms with van der Waals surface area (Å²) in [6.07, 6.45) is 8.76. The van der Waals surface area contributed by atoms with Crippen LogP contribution in [0.2, 0.25) is 0 Å². The summed E-state index contributed by atoms with van der Waals surface area (Å²) in [6, 6.07) is 3.22. The van der Waals surface area contributed by atoms with Crippen LogP contribution in [0, 0.1) is 11.3 Å². The van der Waals surface area contributed by atoms with Gasteiger partial charge in [-0.05, 0) is 65.1 Å². The molecule has 3 heteroatoms. The largest absolute Gasteiger partial charge is 0.300 e. The lowest BCUT2D eigenvalue weighted by atomic mass is 9.95. The Labute approximate surface area is 119 Å². The van der Waals surface area contributed by atoms with E-state index in [0.29, 0.717) is 0 Å². The van der Waals surface area contributed by atoms with Crippen molar-refractivity contribution in [1.82, 2.24) is 10.2 Å². The topological polar surface area (TPSA) is 39.1 Å². The predicted octanol–water partition coefficient (Wildman–Crippen LogP) is 3.31. The van der Waals surface area contributed by atoms with Crippen molar-refractivity contribution in [2.45, 2.75) is 77.3 Å². The first-order valence-electron chi connectivity index (χ1n) is 8.05. The molecular formula is C16H31N3. The molecule has 110 valence electrons. The summed E-state index contributed by atoms with van der Waals surface area (Å²) in [5, 5.41) is 12.5. The van der Waals surface area contributed by atoms with Crippen LogP contribution in [0.25, 0.3) is 0 Å². The maximum absolute atomic E-state index is 9.22. The molecule has 1 fully saturated rings. The number of nitriles is 1. The van der Waals surface area contributed by atoms with Crippen molar-refractivity contribution >= 4 is 0 Å². The Kier molecular flexibility index (Phi) is 7.41. The lowest BCUT2D eigenvalue weighted by Gasteiger charge is -2.35. The van der Waals surface area contributed by atoms with Gasteiger partial charge in [0.25, 0.3) is 0 Å². The highest BCUT2D eigenvalue weighted by molar-refractivity contribution is 5.03. The van der Waals surface area contributed by atoms with E-state index in [1.807, 2.05) is 6.92 Å². The fourth-order valence-corrected chi connectivity index (χ4v) is 3.18. The van der Waals surface area contributed by atoms with Gasteiger partial charge in [-0.2, -0.15) is 5.26 Å². The van der Waals surface area contributed by atoms with E-state index in [1.165, 1.54) is 45.2 Å². The molecule has 1 aliphatic heterocycles. The van der Waals surface area contributed by atoms with E-state index in [-0.39, 0.29) is 5.54 Å². The van der Waals surface area contributed by atoms with Crippen LogP contribution in [0.4, 0.5) is 0 Å². The van der Waals surface area contributed by atoms with Gasteiger partial charge >= 0.3 is 0 Å². The standard InChI is InChI=1S/C16H31N3/c1-4-15-10-6-8-12-19(15)13-9-7-11-16(3,14-17)18-5-2/h15,18H,4-13H2,1-3H3. The van der Waals surface area contributed by atoms with Gasteiger partial charge in [-0.25, -0.2) is 0 Å². The lowest BCUT2D eigenvalue weighted by Crippen LogP contribution is -2.41. The monoisotopic (exact) mass is 265 g/mol. The van der Waals surface area contributed by atoms with Gasteiger partial charge in [-0.15, -0.1) is 0 Å². The normalized spacial score (nSPS) is 23.8. The van der Waals surface area contributed by atoms with Crippen molar-refractivity contribution in [3.05, 3.63) is 0 Å². The Morgan fingerprint density at radius 1 is 1.32 bits per heavy atom. The molecule has 1 rings (SSSR count). The second-order valence-corrected chi connectivity index (χ2v) is 6.03. The van der Waals surface area contributed by atoms with Crippen LogP contribution in [-0.4, -0.2) is 36.1 Å². The molecule has 0 bridgehead atoms. The van der Waals surface area contributed by atoms with Crippen LogP contribution < -0.4 is 5.32 Å². The van der Waals surface area contributed by atoms with Gasteiger partial charge in [0.05, 0.1) is 6.07 Å². The molecule has 0 saturated carbocycles. The highest BCUT2D eigenvalue weighted by Gasteiger charge is 2.23. The van der Waals surface area contributed by atoms with Crippen molar-refractivity contribution in [2.75, 3.05) is 19.6 Å². The molecule has 1 heterocycles. The molecule has 0 aromatic heterocycles. The first kappa shape index (κ1) is 16.5. The molecule has 0 spiro atoms. The number of rotatable bonds is 8. The SMILES string of the molecule is CCNC(C)(C#N)CCCCN1CCCCC1CC. The molecule has 0 aromatic carbocycles. The van der Waals surface area contributed by atoms with E-state index in [0.717, 1.165) is 25.4 Å². The average Bonchev–Trinajstić information content (AvgIpc) is 2.44. The third-order valence-corrected chi connectivity index (χ3v) is 4.41. The van der Waals surface area contributed by atoms with Crippen molar-refractivity contribution in [2.24, 2.45) is 0 Å². The van der Waals surface area contributed by atoms with Crippen molar-refractivity contribution < 1.29 is 0 Å². The molecule has 19 heavy (non-hydrogen) atoms. The van der Waals surface area contributed by atoms with Gasteiger partial charge in [0.2, 0.25) is 0 Å². The number of hydrogen-bond acceptors (Lipinski definition) is 3. The first-order valence-corrected chi connectivity index (χ1v) is 8.05. The lowest BCUT2D eigenvalue weighted by molar-refractivity contribution is 0.140. The Balaban J connectivity index is 2.24. The zero-order valence-corrected chi connectivity index (χ0v) is 13.0. The molecule has 1 saturated heterocycles. The zero-order chi connectivity index (χ0) is 14.1. The number of unbranched alkanes of at least 4 members (excludes halogenated alkanes) is 1. The third-order valence-electron chi connectivity index (χ3n) is 4.41. The van der Waals surface area contributed by atoms with Crippen LogP contribution in [0.5, 0.6) is 0 Å². The van der Waals surface area contributed by atoms with Crippen LogP contribution in [0.3, 0.4) is 0 Å². The molecule has 0 aliphatic carbocycles. The molecule has 2 atom stereocenters. The van der Waals surface area contributed by atoms with Crippen LogP contribution >= 0.6 is 0 Å². The Morgan fingerprint density at radius 3 is 2.74 bits per heavy atom. The minimum atomic E-state index is -0.333. The number of piperidine rings is 1. The quantitative estimate of drug-likeness (QED) is 0.684. The van der Waals surface area contributed by atoms with Gasteiger partial charge < -0.3 is 4.90 Å². The van der Waals surface area contributed by atoms with Gasteiger partial charge in [-0.3, -0.25) is 5.32 Å². The van der Waals surface area contributed by atoms with Crippen LogP contribution in [0.15, 0.2) is 0 Å².